The average molecular weight is 590 g/mol. The summed E-state index contributed by atoms with van der Waals surface area (Å²) in [7, 11) is 0. The lowest BCUT2D eigenvalue weighted by Gasteiger charge is -2.37. The number of anilines is 3. The molecule has 0 atom stereocenters. The van der Waals surface area contributed by atoms with Gasteiger partial charge < -0.3 is 20.2 Å². The Kier molecular flexibility index (Phi) is 11.3. The average Bonchev–Trinajstić information content (AvgIpc) is 2.79. The monoisotopic (exact) mass is 588 g/mol. The van der Waals surface area contributed by atoms with Crippen LogP contribution in [-0.4, -0.2) is 48.1 Å². The van der Waals surface area contributed by atoms with Gasteiger partial charge in [-0.05, 0) is 48.9 Å². The van der Waals surface area contributed by atoms with Gasteiger partial charge in [0, 0.05) is 53.4 Å². The molecule has 0 unspecified atom stereocenters. The van der Waals surface area contributed by atoms with Gasteiger partial charge in [0.15, 0.2) is 0 Å². The predicted octanol–water partition coefficient (Wildman–Crippen LogP) is 6.47. The number of aromatic nitrogens is 1. The number of carbonyl (C=O) groups excluding carboxylic acids is 1. The lowest BCUT2D eigenvalue weighted by atomic mass is 9.95. The van der Waals surface area contributed by atoms with Crippen molar-refractivity contribution in [1.29, 1.82) is 0 Å². The van der Waals surface area contributed by atoms with Crippen LogP contribution in [0.3, 0.4) is 0 Å². The van der Waals surface area contributed by atoms with Crippen LogP contribution in [0.1, 0.15) is 36.7 Å². The molecule has 202 valence electrons. The number of hydrogen-bond donors (Lipinski definition) is 2. The molecule has 1 aliphatic heterocycles. The number of halogens is 4. The number of rotatable bonds is 4. The molecule has 1 amide bonds. The van der Waals surface area contributed by atoms with E-state index in [-0.39, 0.29) is 48.7 Å². The summed E-state index contributed by atoms with van der Waals surface area (Å²) in [6.07, 6.45) is 0. The van der Waals surface area contributed by atoms with Crippen LogP contribution in [0.4, 0.5) is 17.2 Å². The van der Waals surface area contributed by atoms with Crippen LogP contribution < -0.4 is 15.1 Å². The summed E-state index contributed by atoms with van der Waals surface area (Å²) in [4.78, 5) is 33.6. The number of nitrogens with one attached hydrogen (secondary N) is 1. The van der Waals surface area contributed by atoms with Crippen molar-refractivity contribution < 1.29 is 14.7 Å². The van der Waals surface area contributed by atoms with E-state index in [4.69, 9.17) is 16.6 Å². The molecule has 0 saturated carbocycles. The zero-order chi connectivity index (χ0) is 24.6. The van der Waals surface area contributed by atoms with Crippen molar-refractivity contribution in [3.63, 3.8) is 0 Å². The van der Waals surface area contributed by atoms with E-state index < -0.39 is 11.4 Å². The fourth-order valence-corrected chi connectivity index (χ4v) is 4.21. The van der Waals surface area contributed by atoms with E-state index in [9.17, 15) is 14.7 Å². The normalized spacial score (nSPS) is 13.2. The summed E-state index contributed by atoms with van der Waals surface area (Å²) in [6.45, 7) is 10.5. The minimum absolute atomic E-state index is 0. The molecule has 37 heavy (non-hydrogen) atoms. The second-order valence-electron chi connectivity index (χ2n) is 9.67. The molecule has 0 aliphatic carbocycles. The molecule has 11 heteroatoms. The summed E-state index contributed by atoms with van der Waals surface area (Å²) < 4.78 is 0. The van der Waals surface area contributed by atoms with Gasteiger partial charge in [-0.25, -0.2) is 9.78 Å². The van der Waals surface area contributed by atoms with Crippen molar-refractivity contribution in [2.45, 2.75) is 27.7 Å². The molecular weight excluding hydrogens is 558 g/mol. The zero-order valence-corrected chi connectivity index (χ0v) is 24.3. The maximum atomic E-state index is 12.4. The Morgan fingerprint density at radius 2 is 1.57 bits per heavy atom. The highest BCUT2D eigenvalue weighted by Gasteiger charge is 2.24. The molecule has 0 spiro atoms. The number of amides is 1. The first-order valence-electron chi connectivity index (χ1n) is 11.3. The fourth-order valence-electron chi connectivity index (χ4n) is 4.05. The number of fused-ring (bicyclic) bond motifs is 1. The maximum absolute atomic E-state index is 12.4. The number of carboxylic acids is 1. The largest absolute Gasteiger partial charge is 0.478 e. The Hall–Kier alpha value is -2.45. The van der Waals surface area contributed by atoms with Crippen molar-refractivity contribution in [2.75, 3.05) is 41.3 Å². The van der Waals surface area contributed by atoms with Gasteiger partial charge in [0.25, 0.3) is 0 Å². The standard InChI is InChI=1S/C26H29ClN4O3.3ClH/c1-16-5-6-17(27)13-22(16)30-9-11-31(12-10-30)23-15-20(24(32)33)19-14-18(7-8-21(19)29-23)28-25(34)26(2,3)4;;;/h5-8,13-15H,9-12H2,1-4H3,(H,28,34)(H,32,33);3*1H. The second-order valence-corrected chi connectivity index (χ2v) is 10.1. The van der Waals surface area contributed by atoms with Crippen LogP contribution in [0.15, 0.2) is 42.5 Å². The number of hydrogen-bond acceptors (Lipinski definition) is 5. The SMILES string of the molecule is Cc1ccc(Cl)cc1N1CCN(c2cc(C(=O)O)c3cc(NC(=O)C(C)(C)C)ccc3n2)CC1.Cl.Cl.Cl. The topological polar surface area (TPSA) is 85.8 Å². The van der Waals surface area contributed by atoms with Crippen LogP contribution >= 0.6 is 48.8 Å². The van der Waals surface area contributed by atoms with Crippen molar-refractivity contribution in [3.05, 3.63) is 58.6 Å². The van der Waals surface area contributed by atoms with E-state index in [0.717, 1.165) is 18.8 Å². The lowest BCUT2D eigenvalue weighted by Crippen LogP contribution is -2.47. The molecule has 7 nitrogen and oxygen atoms in total. The van der Waals surface area contributed by atoms with E-state index in [2.05, 4.69) is 22.0 Å². The first-order chi connectivity index (χ1) is 16.0. The maximum Gasteiger partial charge on any atom is 0.336 e. The summed E-state index contributed by atoms with van der Waals surface area (Å²) in [5.74, 6) is -0.527. The predicted molar refractivity (Wildman–Crippen MR) is 159 cm³/mol. The molecule has 1 saturated heterocycles. The number of aryl methyl sites for hydroxylation is 1. The highest BCUT2D eigenvalue weighted by Crippen LogP contribution is 2.29. The summed E-state index contributed by atoms with van der Waals surface area (Å²) in [6, 6.07) is 12.7. The van der Waals surface area contributed by atoms with Gasteiger partial charge >= 0.3 is 5.97 Å². The number of nitrogens with zero attached hydrogens (tertiary/aromatic N) is 3. The Morgan fingerprint density at radius 3 is 2.16 bits per heavy atom. The number of pyridine rings is 1. The van der Waals surface area contributed by atoms with Crippen molar-refractivity contribution in [2.24, 2.45) is 5.41 Å². The van der Waals surface area contributed by atoms with E-state index in [1.807, 2.05) is 39.0 Å². The van der Waals surface area contributed by atoms with Gasteiger partial charge in [0.05, 0.1) is 11.1 Å². The highest BCUT2D eigenvalue weighted by atomic mass is 35.5. The Morgan fingerprint density at radius 1 is 0.946 bits per heavy atom. The number of benzene rings is 2. The molecule has 1 aliphatic rings. The van der Waals surface area contributed by atoms with Crippen LogP contribution in [0.2, 0.25) is 5.02 Å². The third-order valence-electron chi connectivity index (χ3n) is 6.08. The van der Waals surface area contributed by atoms with Crippen molar-refractivity contribution >= 4 is 88.8 Å². The molecule has 3 aromatic rings. The van der Waals surface area contributed by atoms with E-state index in [1.165, 1.54) is 5.56 Å². The lowest BCUT2D eigenvalue weighted by molar-refractivity contribution is -0.123. The third-order valence-corrected chi connectivity index (χ3v) is 6.32. The highest BCUT2D eigenvalue weighted by molar-refractivity contribution is 6.30. The fraction of sp³-hybridized carbons (Fsp3) is 0.346. The van der Waals surface area contributed by atoms with Gasteiger partial charge in [-0.2, -0.15) is 0 Å². The Labute approximate surface area is 240 Å². The van der Waals surface area contributed by atoms with E-state index >= 15 is 0 Å². The number of carbonyl (C=O) groups is 2. The molecule has 1 fully saturated rings. The summed E-state index contributed by atoms with van der Waals surface area (Å²) in [5, 5.41) is 14.0. The quantitative estimate of drug-likeness (QED) is 0.363. The number of piperazine rings is 1. The van der Waals surface area contributed by atoms with Gasteiger partial charge in [-0.15, -0.1) is 37.2 Å². The molecule has 0 radical (unpaired) electrons. The molecule has 4 rings (SSSR count). The van der Waals surface area contributed by atoms with Crippen molar-refractivity contribution in [3.8, 4) is 0 Å². The number of carboxylic acid groups (broad SMARTS) is 1. The minimum Gasteiger partial charge on any atom is -0.478 e. The molecule has 2 N–H and O–H groups in total. The Balaban J connectivity index is 0.00000228. The van der Waals surface area contributed by atoms with Gasteiger partial charge in [0.2, 0.25) is 5.91 Å². The van der Waals surface area contributed by atoms with Crippen LogP contribution in [-0.2, 0) is 4.79 Å². The van der Waals surface area contributed by atoms with Crippen LogP contribution in [0.25, 0.3) is 10.9 Å². The minimum atomic E-state index is -1.03. The molecule has 0 bridgehead atoms. The Bertz CT molecular complexity index is 1270. The first-order valence-corrected chi connectivity index (χ1v) is 11.7. The van der Waals surface area contributed by atoms with Gasteiger partial charge in [-0.1, -0.05) is 38.4 Å². The molecule has 2 heterocycles. The van der Waals surface area contributed by atoms with Crippen LogP contribution in [0.5, 0.6) is 0 Å². The zero-order valence-electron chi connectivity index (χ0n) is 21.1. The third kappa shape index (κ3) is 7.32. The molecule has 2 aromatic carbocycles. The number of aromatic carboxylic acids is 1. The first kappa shape index (κ1) is 32.6. The van der Waals surface area contributed by atoms with E-state index in [1.54, 1.807) is 24.3 Å². The molecule has 1 aromatic heterocycles. The van der Waals surface area contributed by atoms with Gasteiger partial charge in [0.1, 0.15) is 5.82 Å². The smallest absolute Gasteiger partial charge is 0.336 e. The van der Waals surface area contributed by atoms with Crippen molar-refractivity contribution in [1.82, 2.24) is 4.98 Å². The summed E-state index contributed by atoms with van der Waals surface area (Å²) in [5.41, 5.74) is 3.03. The summed E-state index contributed by atoms with van der Waals surface area (Å²) >= 11 is 6.20. The van der Waals surface area contributed by atoms with E-state index in [0.29, 0.717) is 40.5 Å². The van der Waals surface area contributed by atoms with Gasteiger partial charge in [-0.3, -0.25) is 4.79 Å². The second kappa shape index (κ2) is 12.9. The van der Waals surface area contributed by atoms with Crippen LogP contribution in [0, 0.1) is 12.3 Å². The molecular formula is C26H32Cl4N4O3.